The number of nitrogens with zero attached hydrogens (tertiary/aromatic N) is 4. The van der Waals surface area contributed by atoms with Crippen LogP contribution >= 0.6 is 15.9 Å². The van der Waals surface area contributed by atoms with E-state index in [9.17, 15) is 0 Å². The monoisotopic (exact) mass is 326 g/mol. The first-order valence-corrected chi connectivity index (χ1v) is 6.86. The smallest absolute Gasteiger partial charge is 0.218 e. The van der Waals surface area contributed by atoms with Crippen LogP contribution in [0.15, 0.2) is 16.7 Å². The Kier molecular flexibility index (Phi) is 3.42. The second-order valence-corrected chi connectivity index (χ2v) is 5.43. The summed E-state index contributed by atoms with van der Waals surface area (Å²) >= 11 is 3.45. The molecule has 0 saturated carbocycles. The number of ether oxygens (including phenoxy) is 2. The highest BCUT2D eigenvalue weighted by molar-refractivity contribution is 9.10. The fourth-order valence-corrected chi connectivity index (χ4v) is 2.54. The molecule has 7 heteroatoms. The topological polar surface area (TPSA) is 51.9 Å². The van der Waals surface area contributed by atoms with E-state index in [1.165, 1.54) is 0 Å². The summed E-state index contributed by atoms with van der Waals surface area (Å²) < 4.78 is 13.7. The average molecular weight is 327 g/mol. The van der Waals surface area contributed by atoms with Gasteiger partial charge in [-0.2, -0.15) is 9.61 Å². The van der Waals surface area contributed by atoms with Gasteiger partial charge in [0.15, 0.2) is 5.65 Å². The summed E-state index contributed by atoms with van der Waals surface area (Å²) in [5.41, 5.74) is 1.61. The van der Waals surface area contributed by atoms with Crippen LogP contribution in [0.3, 0.4) is 0 Å². The number of methoxy groups -OCH3 is 1. The summed E-state index contributed by atoms with van der Waals surface area (Å²) in [5, 5.41) is 4.22. The number of hydrogen-bond acceptors (Lipinski definition) is 5. The van der Waals surface area contributed by atoms with Gasteiger partial charge in [0.2, 0.25) is 5.88 Å². The van der Waals surface area contributed by atoms with Crippen molar-refractivity contribution in [2.24, 2.45) is 0 Å². The lowest BCUT2D eigenvalue weighted by Crippen LogP contribution is -2.35. The molecular formula is C12H15BrN4O2. The highest BCUT2D eigenvalue weighted by Crippen LogP contribution is 2.27. The maximum Gasteiger partial charge on any atom is 0.218 e. The third-order valence-electron chi connectivity index (χ3n) is 3.22. The fraction of sp³-hybridized carbons (Fsp3) is 0.500. The summed E-state index contributed by atoms with van der Waals surface area (Å²) in [4.78, 5) is 6.86. The largest absolute Gasteiger partial charge is 0.481 e. The van der Waals surface area contributed by atoms with Crippen LogP contribution in [-0.2, 0) is 4.74 Å². The molecule has 0 bridgehead atoms. The molecule has 1 aliphatic rings. The van der Waals surface area contributed by atoms with Crippen LogP contribution in [0.4, 0.5) is 0 Å². The van der Waals surface area contributed by atoms with Gasteiger partial charge >= 0.3 is 0 Å². The van der Waals surface area contributed by atoms with Crippen LogP contribution in [0.2, 0.25) is 0 Å². The maximum atomic E-state index is 5.79. The van der Waals surface area contributed by atoms with Crippen LogP contribution in [0, 0.1) is 0 Å². The van der Waals surface area contributed by atoms with Crippen molar-refractivity contribution in [3.8, 4) is 5.88 Å². The Morgan fingerprint density at radius 1 is 1.53 bits per heavy atom. The van der Waals surface area contributed by atoms with Crippen molar-refractivity contribution in [1.29, 1.82) is 0 Å². The molecule has 1 unspecified atom stereocenters. The van der Waals surface area contributed by atoms with E-state index in [1.54, 1.807) is 17.8 Å². The van der Waals surface area contributed by atoms with E-state index in [0.717, 1.165) is 35.5 Å². The van der Waals surface area contributed by atoms with Crippen molar-refractivity contribution in [3.05, 3.63) is 22.4 Å². The molecule has 0 amide bonds. The lowest BCUT2D eigenvalue weighted by atomic mass is 10.2. The molecule has 1 aliphatic heterocycles. The maximum absolute atomic E-state index is 5.79. The average Bonchev–Trinajstić information content (AvgIpc) is 2.80. The van der Waals surface area contributed by atoms with E-state index in [-0.39, 0.29) is 6.10 Å². The minimum Gasteiger partial charge on any atom is -0.481 e. The number of aromatic nitrogens is 3. The quantitative estimate of drug-likeness (QED) is 0.837. The molecule has 102 valence electrons. The van der Waals surface area contributed by atoms with Gasteiger partial charge in [-0.15, -0.1) is 0 Å². The molecule has 1 atom stereocenters. The number of fused-ring (bicyclic) bond motifs is 1. The van der Waals surface area contributed by atoms with E-state index >= 15 is 0 Å². The number of hydrogen-bond donors (Lipinski definition) is 0. The van der Waals surface area contributed by atoms with Crippen LogP contribution < -0.4 is 4.74 Å². The Morgan fingerprint density at radius 3 is 3.11 bits per heavy atom. The lowest BCUT2D eigenvalue weighted by molar-refractivity contribution is -0.0231. The molecule has 19 heavy (non-hydrogen) atoms. The van der Waals surface area contributed by atoms with Gasteiger partial charge in [0.05, 0.1) is 30.1 Å². The van der Waals surface area contributed by atoms with Gasteiger partial charge in [-0.1, -0.05) is 0 Å². The van der Waals surface area contributed by atoms with Gasteiger partial charge in [-0.3, -0.25) is 0 Å². The number of rotatable bonds is 2. The van der Waals surface area contributed by atoms with Crippen molar-refractivity contribution in [1.82, 2.24) is 19.5 Å². The first-order chi connectivity index (χ1) is 9.19. The van der Waals surface area contributed by atoms with Crippen LogP contribution in [0.5, 0.6) is 5.88 Å². The van der Waals surface area contributed by atoms with Gasteiger partial charge in [0, 0.05) is 19.2 Å². The highest BCUT2D eigenvalue weighted by atomic mass is 79.9. The number of likely N-dealkylation sites (N-methyl/N-ethyl adjacent to an activating group) is 1. The van der Waals surface area contributed by atoms with Crippen molar-refractivity contribution < 1.29 is 9.47 Å². The molecule has 0 spiro atoms. The lowest BCUT2D eigenvalue weighted by Gasteiger charge is -2.29. The minimum atomic E-state index is -0.0283. The van der Waals surface area contributed by atoms with Crippen molar-refractivity contribution in [2.45, 2.75) is 6.10 Å². The predicted molar refractivity (Wildman–Crippen MR) is 73.4 cm³/mol. The van der Waals surface area contributed by atoms with Gasteiger partial charge in [0.1, 0.15) is 6.10 Å². The van der Waals surface area contributed by atoms with Crippen molar-refractivity contribution >= 4 is 21.6 Å². The molecule has 3 rings (SSSR count). The molecule has 6 nitrogen and oxygen atoms in total. The molecule has 1 saturated heterocycles. The zero-order chi connectivity index (χ0) is 13.4. The van der Waals surface area contributed by atoms with Gasteiger partial charge in [-0.25, -0.2) is 4.98 Å². The molecule has 0 aliphatic carbocycles. The standard InChI is InChI=1S/C12H15BrN4O2/c1-16-3-4-19-10(7-16)9-5-11(18-2)17-12(15-9)8(13)6-14-17/h5-6,10H,3-4,7H2,1-2H3. The Bertz CT molecular complexity index is 601. The zero-order valence-corrected chi connectivity index (χ0v) is 12.4. The predicted octanol–water partition coefficient (Wildman–Crippen LogP) is 1.50. The third kappa shape index (κ3) is 2.33. The first-order valence-electron chi connectivity index (χ1n) is 6.07. The zero-order valence-electron chi connectivity index (χ0n) is 10.8. The van der Waals surface area contributed by atoms with Gasteiger partial charge < -0.3 is 14.4 Å². The summed E-state index contributed by atoms with van der Waals surface area (Å²) in [7, 11) is 3.71. The van der Waals surface area contributed by atoms with Crippen LogP contribution in [0.25, 0.3) is 5.65 Å². The highest BCUT2D eigenvalue weighted by Gasteiger charge is 2.23. The second kappa shape index (κ2) is 5.07. The Labute approximate surface area is 119 Å². The number of halogens is 1. The molecule has 2 aromatic heterocycles. The van der Waals surface area contributed by atoms with E-state index < -0.39 is 0 Å². The molecule has 0 N–H and O–H groups in total. The Hall–Kier alpha value is -1.18. The van der Waals surface area contributed by atoms with Crippen LogP contribution in [0.1, 0.15) is 11.8 Å². The van der Waals surface area contributed by atoms with Crippen molar-refractivity contribution in [3.63, 3.8) is 0 Å². The van der Waals surface area contributed by atoms with Gasteiger partial charge in [0.25, 0.3) is 0 Å². The SMILES string of the molecule is COc1cc(C2CN(C)CCO2)nc2c(Br)cnn12. The van der Waals surface area contributed by atoms with E-state index in [2.05, 4.69) is 38.0 Å². The third-order valence-corrected chi connectivity index (χ3v) is 3.78. The molecule has 0 radical (unpaired) electrons. The summed E-state index contributed by atoms with van der Waals surface area (Å²) in [6, 6.07) is 1.89. The van der Waals surface area contributed by atoms with E-state index in [4.69, 9.17) is 9.47 Å². The van der Waals surface area contributed by atoms with Crippen LogP contribution in [-0.4, -0.2) is 53.4 Å². The molecule has 2 aromatic rings. The molecule has 0 aromatic carbocycles. The van der Waals surface area contributed by atoms with E-state index in [0.29, 0.717) is 5.88 Å². The Morgan fingerprint density at radius 2 is 2.37 bits per heavy atom. The molecule has 1 fully saturated rings. The van der Waals surface area contributed by atoms with Gasteiger partial charge in [-0.05, 0) is 23.0 Å². The fourth-order valence-electron chi connectivity index (χ4n) is 2.19. The molecule has 3 heterocycles. The Balaban J connectivity index is 2.05. The summed E-state index contributed by atoms with van der Waals surface area (Å²) in [6.07, 6.45) is 1.68. The van der Waals surface area contributed by atoms with E-state index in [1.807, 2.05) is 6.07 Å². The minimum absolute atomic E-state index is 0.0283. The normalized spacial score (nSPS) is 20.9. The van der Waals surface area contributed by atoms with Crippen molar-refractivity contribution in [2.75, 3.05) is 33.9 Å². The first kappa shape index (κ1) is 12.8. The summed E-state index contributed by atoms with van der Waals surface area (Å²) in [6.45, 7) is 2.50. The second-order valence-electron chi connectivity index (χ2n) is 4.57. The number of morpholine rings is 1. The molecular weight excluding hydrogens is 312 g/mol. The summed E-state index contributed by atoms with van der Waals surface area (Å²) in [5.74, 6) is 0.655.